The first-order valence-electron chi connectivity index (χ1n) is 7.91. The maximum Gasteiger partial charge on any atom is 0.344 e. The standard InChI is InChI=1S/C17H24O8/c1-5-22-14(18)12(3)16(20)24-10-8-7-9-11-25-17(21)13(4)15(19)23-6-2/h3-11H2,1-2H3. The van der Waals surface area contributed by atoms with Gasteiger partial charge in [-0.05, 0) is 33.1 Å². The molecule has 8 heteroatoms. The lowest BCUT2D eigenvalue weighted by Crippen LogP contribution is -2.18. The van der Waals surface area contributed by atoms with Crippen molar-refractivity contribution in [2.24, 2.45) is 0 Å². The van der Waals surface area contributed by atoms with Gasteiger partial charge in [-0.3, -0.25) is 0 Å². The molecule has 0 fully saturated rings. The Morgan fingerprint density at radius 1 is 0.600 bits per heavy atom. The van der Waals surface area contributed by atoms with Crippen LogP contribution in [0.25, 0.3) is 0 Å². The molecule has 0 saturated heterocycles. The van der Waals surface area contributed by atoms with Gasteiger partial charge in [-0.15, -0.1) is 0 Å². The molecule has 140 valence electrons. The van der Waals surface area contributed by atoms with E-state index in [1.165, 1.54) is 0 Å². The van der Waals surface area contributed by atoms with E-state index in [0.717, 1.165) is 0 Å². The maximum atomic E-state index is 11.5. The number of hydrogen-bond acceptors (Lipinski definition) is 8. The molecule has 0 atom stereocenters. The summed E-state index contributed by atoms with van der Waals surface area (Å²) in [6, 6.07) is 0. The molecule has 0 aliphatic carbocycles. The normalized spacial score (nSPS) is 9.68. The van der Waals surface area contributed by atoms with E-state index in [9.17, 15) is 19.2 Å². The number of rotatable bonds is 12. The van der Waals surface area contributed by atoms with Crippen molar-refractivity contribution in [2.45, 2.75) is 33.1 Å². The van der Waals surface area contributed by atoms with Crippen LogP contribution in [0.1, 0.15) is 33.1 Å². The summed E-state index contributed by atoms with van der Waals surface area (Å²) >= 11 is 0. The zero-order valence-corrected chi connectivity index (χ0v) is 14.6. The Morgan fingerprint density at radius 3 is 1.24 bits per heavy atom. The van der Waals surface area contributed by atoms with Gasteiger partial charge in [0, 0.05) is 0 Å². The minimum Gasteiger partial charge on any atom is -0.462 e. The Morgan fingerprint density at radius 2 is 0.920 bits per heavy atom. The van der Waals surface area contributed by atoms with E-state index in [4.69, 9.17) is 9.47 Å². The molecule has 0 amide bonds. The van der Waals surface area contributed by atoms with Crippen molar-refractivity contribution < 1.29 is 38.1 Å². The minimum atomic E-state index is -0.824. The number of unbranched alkanes of at least 4 members (excludes halogenated alkanes) is 2. The minimum absolute atomic E-state index is 0.0980. The topological polar surface area (TPSA) is 105 Å². The number of ether oxygens (including phenoxy) is 4. The highest BCUT2D eigenvalue weighted by molar-refractivity contribution is 6.13. The Balaban J connectivity index is 3.80. The van der Waals surface area contributed by atoms with Gasteiger partial charge in [-0.2, -0.15) is 0 Å². The Hall–Kier alpha value is -2.64. The molecule has 0 aliphatic heterocycles. The first kappa shape index (κ1) is 22.4. The van der Waals surface area contributed by atoms with Crippen LogP contribution in [0, 0.1) is 0 Å². The molecule has 0 saturated carbocycles. The van der Waals surface area contributed by atoms with Crippen molar-refractivity contribution >= 4 is 23.9 Å². The molecule has 0 aromatic carbocycles. The first-order chi connectivity index (χ1) is 11.8. The molecule has 0 heterocycles. The number of carbonyl (C=O) groups is 4. The van der Waals surface area contributed by atoms with Gasteiger partial charge in [-0.25, -0.2) is 19.2 Å². The molecule has 0 radical (unpaired) electrons. The summed E-state index contributed by atoms with van der Waals surface area (Å²) in [5.74, 6) is -3.26. The molecule has 0 aliphatic rings. The lowest BCUT2D eigenvalue weighted by atomic mass is 10.2. The fraction of sp³-hybridized carbons (Fsp3) is 0.529. The summed E-state index contributed by atoms with van der Waals surface area (Å²) in [4.78, 5) is 45.5. The van der Waals surface area contributed by atoms with Gasteiger partial charge in [0.1, 0.15) is 11.1 Å². The quantitative estimate of drug-likeness (QED) is 0.129. The van der Waals surface area contributed by atoms with Crippen LogP contribution in [0.4, 0.5) is 0 Å². The predicted molar refractivity (Wildman–Crippen MR) is 87.3 cm³/mol. The van der Waals surface area contributed by atoms with Crippen molar-refractivity contribution in [1.82, 2.24) is 0 Å². The molecular weight excluding hydrogens is 332 g/mol. The molecule has 25 heavy (non-hydrogen) atoms. The highest BCUT2D eigenvalue weighted by atomic mass is 16.6. The van der Waals surface area contributed by atoms with E-state index >= 15 is 0 Å². The van der Waals surface area contributed by atoms with E-state index in [1.807, 2.05) is 0 Å². The average molecular weight is 356 g/mol. The van der Waals surface area contributed by atoms with Gasteiger partial charge in [0.15, 0.2) is 0 Å². The van der Waals surface area contributed by atoms with Crippen LogP contribution < -0.4 is 0 Å². The molecule has 0 N–H and O–H groups in total. The van der Waals surface area contributed by atoms with Crippen LogP contribution in [0.2, 0.25) is 0 Å². The molecule has 0 aromatic rings. The molecule has 0 bridgehead atoms. The monoisotopic (exact) mass is 356 g/mol. The van der Waals surface area contributed by atoms with E-state index < -0.39 is 23.9 Å². The van der Waals surface area contributed by atoms with Crippen molar-refractivity contribution in [1.29, 1.82) is 0 Å². The summed E-state index contributed by atoms with van der Waals surface area (Å²) in [7, 11) is 0. The summed E-state index contributed by atoms with van der Waals surface area (Å²) < 4.78 is 19.0. The molecule has 0 rings (SSSR count). The molecule has 0 aromatic heterocycles. The van der Waals surface area contributed by atoms with Gasteiger partial charge in [0.2, 0.25) is 0 Å². The lowest BCUT2D eigenvalue weighted by molar-refractivity contribution is -0.148. The lowest BCUT2D eigenvalue weighted by Gasteiger charge is -2.08. The summed E-state index contributed by atoms with van der Waals surface area (Å²) in [6.07, 6.45) is 1.63. The second-order valence-electron chi connectivity index (χ2n) is 4.73. The highest BCUT2D eigenvalue weighted by Gasteiger charge is 2.19. The number of carbonyl (C=O) groups excluding carboxylic acids is 4. The van der Waals surface area contributed by atoms with Crippen molar-refractivity contribution in [3.63, 3.8) is 0 Å². The van der Waals surface area contributed by atoms with Crippen LogP contribution in [0.3, 0.4) is 0 Å². The molecule has 8 nitrogen and oxygen atoms in total. The largest absolute Gasteiger partial charge is 0.462 e. The zero-order valence-electron chi connectivity index (χ0n) is 14.6. The molecule has 0 spiro atoms. The summed E-state index contributed by atoms with van der Waals surface area (Å²) in [5, 5.41) is 0. The Bertz CT molecular complexity index is 475. The summed E-state index contributed by atoms with van der Waals surface area (Å²) in [5.41, 5.74) is -0.707. The second kappa shape index (κ2) is 12.7. The fourth-order valence-electron chi connectivity index (χ4n) is 1.49. The van der Waals surface area contributed by atoms with Gasteiger partial charge >= 0.3 is 23.9 Å². The van der Waals surface area contributed by atoms with Crippen molar-refractivity contribution in [3.8, 4) is 0 Å². The van der Waals surface area contributed by atoms with Crippen LogP contribution >= 0.6 is 0 Å². The van der Waals surface area contributed by atoms with Crippen LogP contribution in [0.5, 0.6) is 0 Å². The zero-order chi connectivity index (χ0) is 19.2. The van der Waals surface area contributed by atoms with Gasteiger partial charge in [0.25, 0.3) is 0 Å². The Kier molecular flexibility index (Phi) is 11.4. The number of esters is 4. The fourth-order valence-corrected chi connectivity index (χ4v) is 1.49. The average Bonchev–Trinajstić information content (AvgIpc) is 2.59. The van der Waals surface area contributed by atoms with Crippen LogP contribution in [-0.4, -0.2) is 50.3 Å². The van der Waals surface area contributed by atoms with Crippen molar-refractivity contribution in [3.05, 3.63) is 24.3 Å². The maximum absolute atomic E-state index is 11.5. The van der Waals surface area contributed by atoms with Crippen LogP contribution in [0.15, 0.2) is 24.3 Å². The predicted octanol–water partition coefficient (Wildman–Crippen LogP) is 1.48. The highest BCUT2D eigenvalue weighted by Crippen LogP contribution is 2.04. The van der Waals surface area contributed by atoms with E-state index in [2.05, 4.69) is 22.6 Å². The van der Waals surface area contributed by atoms with Gasteiger partial charge < -0.3 is 18.9 Å². The second-order valence-corrected chi connectivity index (χ2v) is 4.73. The third kappa shape index (κ3) is 9.29. The first-order valence-corrected chi connectivity index (χ1v) is 7.91. The van der Waals surface area contributed by atoms with E-state index in [-0.39, 0.29) is 37.6 Å². The van der Waals surface area contributed by atoms with Crippen LogP contribution in [-0.2, 0) is 38.1 Å². The summed E-state index contributed by atoms with van der Waals surface area (Å²) in [6.45, 7) is 10.3. The smallest absolute Gasteiger partial charge is 0.344 e. The third-order valence-corrected chi connectivity index (χ3v) is 2.79. The van der Waals surface area contributed by atoms with E-state index in [0.29, 0.717) is 19.3 Å². The van der Waals surface area contributed by atoms with Gasteiger partial charge in [-0.1, -0.05) is 13.2 Å². The van der Waals surface area contributed by atoms with Crippen molar-refractivity contribution in [2.75, 3.05) is 26.4 Å². The third-order valence-electron chi connectivity index (χ3n) is 2.79. The molecular formula is C17H24O8. The number of hydrogen-bond donors (Lipinski definition) is 0. The van der Waals surface area contributed by atoms with Gasteiger partial charge in [0.05, 0.1) is 26.4 Å². The molecule has 0 unspecified atom stereocenters. The van der Waals surface area contributed by atoms with E-state index in [1.54, 1.807) is 13.8 Å². The Labute approximate surface area is 146 Å². The SMILES string of the molecule is C=C(C(=O)OCC)C(=O)OCCCCCOC(=O)C(=C)C(=O)OCC.